The maximum atomic E-state index is 9.06. The van der Waals surface area contributed by atoms with Crippen molar-refractivity contribution in [1.82, 2.24) is 10.2 Å². The Morgan fingerprint density at radius 3 is 3.10 bits per heavy atom. The molecule has 0 saturated carbocycles. The van der Waals surface area contributed by atoms with Crippen molar-refractivity contribution < 1.29 is 5.11 Å². The maximum absolute atomic E-state index is 9.06. The molecule has 1 aromatic rings. The number of rotatable bonds is 3. The molecule has 4 heteroatoms. The summed E-state index contributed by atoms with van der Waals surface area (Å²) < 4.78 is 0. The smallest absolute Gasteiger partial charge is 0.0716 e. The number of hydrogen-bond acceptors (Lipinski definition) is 2. The molecule has 1 heterocycles. The van der Waals surface area contributed by atoms with E-state index in [9.17, 15) is 0 Å². The first kappa shape index (κ1) is 7.57. The first-order valence-electron chi connectivity index (χ1n) is 3.04. The zero-order valence-electron chi connectivity index (χ0n) is 5.42. The van der Waals surface area contributed by atoms with E-state index in [1.54, 1.807) is 12.4 Å². The van der Waals surface area contributed by atoms with E-state index in [2.05, 4.69) is 10.2 Å². The summed E-state index contributed by atoms with van der Waals surface area (Å²) in [5, 5.41) is 15.4. The van der Waals surface area contributed by atoms with Crippen LogP contribution >= 0.6 is 11.6 Å². The predicted octanol–water partition coefficient (Wildman–Crippen LogP) is 0.552. The van der Waals surface area contributed by atoms with Crippen LogP contribution in [0.15, 0.2) is 12.4 Å². The minimum Gasteiger partial charge on any atom is -0.392 e. The number of H-pyrrole nitrogens is 1. The van der Waals surface area contributed by atoms with Gasteiger partial charge in [0.1, 0.15) is 0 Å². The van der Waals surface area contributed by atoms with E-state index in [0.717, 1.165) is 5.56 Å². The molecule has 0 aliphatic carbocycles. The van der Waals surface area contributed by atoms with Gasteiger partial charge in [-0.2, -0.15) is 5.10 Å². The van der Waals surface area contributed by atoms with Crippen LogP contribution in [-0.2, 0) is 6.42 Å². The summed E-state index contributed by atoms with van der Waals surface area (Å²) in [6.45, 7) is 0. The fourth-order valence-corrected chi connectivity index (χ4v) is 0.825. The molecular formula is C6H9ClN2O. The lowest BCUT2D eigenvalue weighted by atomic mass is 10.2. The lowest BCUT2D eigenvalue weighted by molar-refractivity contribution is 0.199. The summed E-state index contributed by atoms with van der Waals surface area (Å²) in [5.74, 6) is 0.269. The number of aliphatic hydroxyl groups excluding tert-OH is 1. The molecule has 3 nitrogen and oxygen atoms in total. The van der Waals surface area contributed by atoms with Gasteiger partial charge in [0.25, 0.3) is 0 Å². The van der Waals surface area contributed by atoms with Crippen LogP contribution in [0.3, 0.4) is 0 Å². The van der Waals surface area contributed by atoms with Gasteiger partial charge in [-0.25, -0.2) is 0 Å². The van der Waals surface area contributed by atoms with E-state index in [1.807, 2.05) is 0 Å². The number of nitrogens with one attached hydrogen (secondary N) is 1. The Kier molecular flexibility index (Phi) is 2.71. The number of hydrogen-bond donors (Lipinski definition) is 2. The summed E-state index contributed by atoms with van der Waals surface area (Å²) in [5.41, 5.74) is 0.980. The van der Waals surface area contributed by atoms with Crippen molar-refractivity contribution in [1.29, 1.82) is 0 Å². The number of aromatic amines is 1. The van der Waals surface area contributed by atoms with Gasteiger partial charge < -0.3 is 5.11 Å². The normalized spacial score (nSPS) is 13.4. The molecule has 0 aliphatic rings. The maximum Gasteiger partial charge on any atom is 0.0716 e. The van der Waals surface area contributed by atoms with E-state index in [-0.39, 0.29) is 5.88 Å². The Balaban J connectivity index is 2.40. The minimum absolute atomic E-state index is 0.269. The average Bonchev–Trinajstić information content (AvgIpc) is 2.40. The van der Waals surface area contributed by atoms with Crippen LogP contribution in [0.5, 0.6) is 0 Å². The van der Waals surface area contributed by atoms with Crippen molar-refractivity contribution in [2.75, 3.05) is 5.88 Å². The van der Waals surface area contributed by atoms with Gasteiger partial charge in [-0.05, 0) is 5.56 Å². The molecule has 0 radical (unpaired) electrons. The van der Waals surface area contributed by atoms with Crippen LogP contribution in [0.2, 0.25) is 0 Å². The molecule has 0 fully saturated rings. The second kappa shape index (κ2) is 3.58. The molecule has 2 N–H and O–H groups in total. The van der Waals surface area contributed by atoms with Crippen molar-refractivity contribution >= 4 is 11.6 Å². The van der Waals surface area contributed by atoms with Gasteiger partial charge in [-0.1, -0.05) is 0 Å². The van der Waals surface area contributed by atoms with Crippen LogP contribution in [0.4, 0.5) is 0 Å². The molecule has 1 unspecified atom stereocenters. The second-order valence-electron chi connectivity index (χ2n) is 2.12. The third kappa shape index (κ3) is 2.01. The van der Waals surface area contributed by atoms with Crippen LogP contribution < -0.4 is 0 Å². The quantitative estimate of drug-likeness (QED) is 0.635. The van der Waals surface area contributed by atoms with Crippen molar-refractivity contribution in [2.24, 2.45) is 0 Å². The molecule has 0 saturated heterocycles. The van der Waals surface area contributed by atoms with Gasteiger partial charge in [0.2, 0.25) is 0 Å². The molecule has 0 amide bonds. The number of aromatic nitrogens is 2. The van der Waals surface area contributed by atoms with E-state index < -0.39 is 6.10 Å². The Morgan fingerprint density at radius 1 is 1.80 bits per heavy atom. The minimum atomic E-state index is -0.459. The zero-order chi connectivity index (χ0) is 7.40. The Bertz CT molecular complexity index is 176. The molecule has 1 atom stereocenters. The predicted molar refractivity (Wildman–Crippen MR) is 39.0 cm³/mol. The van der Waals surface area contributed by atoms with Gasteiger partial charge in [-0.3, -0.25) is 5.10 Å². The van der Waals surface area contributed by atoms with Crippen molar-refractivity contribution in [3.8, 4) is 0 Å². The first-order valence-corrected chi connectivity index (χ1v) is 3.58. The molecule has 0 aromatic carbocycles. The first-order chi connectivity index (χ1) is 4.83. The molecular weight excluding hydrogens is 152 g/mol. The standard InChI is InChI=1S/C6H9ClN2O/c7-2-6(10)1-5-3-8-9-4-5/h3-4,6,10H,1-2H2,(H,8,9). The number of alkyl halides is 1. The summed E-state index contributed by atoms with van der Waals surface area (Å²) in [4.78, 5) is 0. The average molecular weight is 161 g/mol. The number of halogens is 1. The Hall–Kier alpha value is -0.540. The lowest BCUT2D eigenvalue weighted by Gasteiger charge is -2.01. The van der Waals surface area contributed by atoms with Gasteiger partial charge >= 0.3 is 0 Å². The Morgan fingerprint density at radius 2 is 2.60 bits per heavy atom. The molecule has 0 spiro atoms. The SMILES string of the molecule is OC(CCl)Cc1cn[nH]c1. The summed E-state index contributed by atoms with van der Waals surface area (Å²) >= 11 is 5.39. The monoisotopic (exact) mass is 160 g/mol. The van der Waals surface area contributed by atoms with Gasteiger partial charge in [0.15, 0.2) is 0 Å². The summed E-state index contributed by atoms with van der Waals surface area (Å²) in [6.07, 6.45) is 3.53. The highest BCUT2D eigenvalue weighted by molar-refractivity contribution is 6.18. The van der Waals surface area contributed by atoms with E-state index in [4.69, 9.17) is 16.7 Å². The molecule has 1 aromatic heterocycles. The van der Waals surface area contributed by atoms with Crippen molar-refractivity contribution in [2.45, 2.75) is 12.5 Å². The highest BCUT2D eigenvalue weighted by atomic mass is 35.5. The third-order valence-electron chi connectivity index (χ3n) is 1.20. The fourth-order valence-electron chi connectivity index (χ4n) is 0.716. The topological polar surface area (TPSA) is 48.9 Å². The number of aliphatic hydroxyl groups is 1. The molecule has 0 bridgehead atoms. The van der Waals surface area contributed by atoms with E-state index >= 15 is 0 Å². The second-order valence-corrected chi connectivity index (χ2v) is 2.43. The van der Waals surface area contributed by atoms with Gasteiger partial charge in [0.05, 0.1) is 12.3 Å². The van der Waals surface area contributed by atoms with E-state index in [0.29, 0.717) is 6.42 Å². The zero-order valence-corrected chi connectivity index (χ0v) is 6.17. The summed E-state index contributed by atoms with van der Waals surface area (Å²) in [7, 11) is 0. The largest absolute Gasteiger partial charge is 0.392 e. The highest BCUT2D eigenvalue weighted by Gasteiger charge is 2.03. The van der Waals surface area contributed by atoms with Crippen LogP contribution in [0.1, 0.15) is 5.56 Å². The Labute approximate surface area is 64.0 Å². The molecule has 0 aliphatic heterocycles. The summed E-state index contributed by atoms with van der Waals surface area (Å²) in [6, 6.07) is 0. The van der Waals surface area contributed by atoms with Crippen LogP contribution in [0.25, 0.3) is 0 Å². The van der Waals surface area contributed by atoms with Gasteiger partial charge in [-0.15, -0.1) is 11.6 Å². The van der Waals surface area contributed by atoms with Crippen molar-refractivity contribution in [3.05, 3.63) is 18.0 Å². The lowest BCUT2D eigenvalue weighted by Crippen LogP contribution is -2.11. The molecule has 10 heavy (non-hydrogen) atoms. The molecule has 1 rings (SSSR count). The highest BCUT2D eigenvalue weighted by Crippen LogP contribution is 2.00. The van der Waals surface area contributed by atoms with Gasteiger partial charge in [0, 0.05) is 18.5 Å². The van der Waals surface area contributed by atoms with Crippen LogP contribution in [0, 0.1) is 0 Å². The number of nitrogens with zero attached hydrogens (tertiary/aromatic N) is 1. The fraction of sp³-hybridized carbons (Fsp3) is 0.500. The molecule has 56 valence electrons. The van der Waals surface area contributed by atoms with Crippen molar-refractivity contribution in [3.63, 3.8) is 0 Å². The third-order valence-corrected chi connectivity index (χ3v) is 1.56. The van der Waals surface area contributed by atoms with Crippen LogP contribution in [-0.4, -0.2) is 27.3 Å². The van der Waals surface area contributed by atoms with E-state index in [1.165, 1.54) is 0 Å².